The lowest BCUT2D eigenvalue weighted by Gasteiger charge is -2.44. The Labute approximate surface area is 129 Å². The zero-order valence-corrected chi connectivity index (χ0v) is 13.7. The number of hydrogen-bond donors (Lipinski definition) is 2. The van der Waals surface area contributed by atoms with Crippen LogP contribution in [0.5, 0.6) is 0 Å². The summed E-state index contributed by atoms with van der Waals surface area (Å²) in [5.74, 6) is 0. The van der Waals surface area contributed by atoms with E-state index in [-0.39, 0.29) is 5.54 Å². The number of rotatable bonds is 7. The van der Waals surface area contributed by atoms with Gasteiger partial charge in [-0.3, -0.25) is 4.98 Å². The van der Waals surface area contributed by atoms with E-state index in [0.717, 1.165) is 25.1 Å². The molecule has 0 amide bonds. The highest BCUT2D eigenvalue weighted by Crippen LogP contribution is 2.38. The Kier molecular flexibility index (Phi) is 5.59. The molecule has 21 heavy (non-hydrogen) atoms. The largest absolute Gasteiger partial charge is 0.398 e. The lowest BCUT2D eigenvalue weighted by Crippen LogP contribution is -2.58. The van der Waals surface area contributed by atoms with Gasteiger partial charge in [-0.1, -0.05) is 19.8 Å². The molecule has 1 heterocycles. The second kappa shape index (κ2) is 7.23. The van der Waals surface area contributed by atoms with Gasteiger partial charge >= 0.3 is 0 Å². The van der Waals surface area contributed by atoms with E-state index in [4.69, 9.17) is 5.73 Å². The topological polar surface area (TPSA) is 54.2 Å². The van der Waals surface area contributed by atoms with Gasteiger partial charge in [0.05, 0.1) is 0 Å². The summed E-state index contributed by atoms with van der Waals surface area (Å²) in [7, 11) is 4.44. The lowest BCUT2D eigenvalue weighted by molar-refractivity contribution is 0.104. The Balaban J connectivity index is 2.23. The maximum absolute atomic E-state index is 6.13. The molecular formula is C17H30N4. The summed E-state index contributed by atoms with van der Waals surface area (Å²) in [6.45, 7) is 3.28. The summed E-state index contributed by atoms with van der Waals surface area (Å²) in [5.41, 5.74) is 8.41. The van der Waals surface area contributed by atoms with Gasteiger partial charge in [-0.05, 0) is 58.0 Å². The molecule has 0 aliphatic heterocycles. The Hall–Kier alpha value is -1.13. The molecule has 1 aliphatic carbocycles. The molecule has 1 saturated carbocycles. The molecule has 4 heteroatoms. The van der Waals surface area contributed by atoms with E-state index >= 15 is 0 Å². The van der Waals surface area contributed by atoms with E-state index in [9.17, 15) is 0 Å². The van der Waals surface area contributed by atoms with Crippen LogP contribution >= 0.6 is 0 Å². The van der Waals surface area contributed by atoms with E-state index < -0.39 is 0 Å². The minimum atomic E-state index is 0.247. The van der Waals surface area contributed by atoms with Crippen LogP contribution in [0.2, 0.25) is 0 Å². The second-order valence-electron chi connectivity index (χ2n) is 6.49. The van der Waals surface area contributed by atoms with Crippen molar-refractivity contribution in [3.8, 4) is 0 Å². The first kappa shape index (κ1) is 16.2. The van der Waals surface area contributed by atoms with Gasteiger partial charge in [0, 0.05) is 29.7 Å². The van der Waals surface area contributed by atoms with E-state index in [1.807, 2.05) is 12.3 Å². The highest BCUT2D eigenvalue weighted by molar-refractivity contribution is 5.45. The third-order valence-corrected chi connectivity index (χ3v) is 5.01. The summed E-state index contributed by atoms with van der Waals surface area (Å²) in [5, 5.41) is 3.78. The van der Waals surface area contributed by atoms with Gasteiger partial charge in [0.1, 0.15) is 0 Å². The standard InChI is InChI=1S/C17H30N4/c1-4-10-20-16(12-14-13-19-11-7-15(14)18)17(21(2)3)8-5-6-9-17/h7,11,13,16,20H,4-6,8-10,12H2,1-3H3,(H2,18,19). The fourth-order valence-electron chi connectivity index (χ4n) is 3.69. The summed E-state index contributed by atoms with van der Waals surface area (Å²) < 4.78 is 0. The Morgan fingerprint density at radius 3 is 2.67 bits per heavy atom. The van der Waals surface area contributed by atoms with Crippen LogP contribution < -0.4 is 11.1 Å². The molecule has 1 aromatic rings. The van der Waals surface area contributed by atoms with Crippen LogP contribution in [-0.4, -0.2) is 42.1 Å². The van der Waals surface area contributed by atoms with Crippen molar-refractivity contribution in [2.45, 2.75) is 57.0 Å². The predicted molar refractivity (Wildman–Crippen MR) is 89.3 cm³/mol. The van der Waals surface area contributed by atoms with E-state index in [0.29, 0.717) is 6.04 Å². The SMILES string of the molecule is CCCNC(Cc1cnccc1N)C1(N(C)C)CCCC1. The predicted octanol–water partition coefficient (Wildman–Crippen LogP) is 2.45. The summed E-state index contributed by atoms with van der Waals surface area (Å²) >= 11 is 0. The van der Waals surface area contributed by atoms with Gasteiger partial charge in [-0.25, -0.2) is 0 Å². The molecule has 0 radical (unpaired) electrons. The Morgan fingerprint density at radius 2 is 2.10 bits per heavy atom. The van der Waals surface area contributed by atoms with Crippen molar-refractivity contribution in [1.82, 2.24) is 15.2 Å². The van der Waals surface area contributed by atoms with Gasteiger partial charge in [0.2, 0.25) is 0 Å². The molecule has 1 fully saturated rings. The van der Waals surface area contributed by atoms with Crippen molar-refractivity contribution in [3.63, 3.8) is 0 Å². The number of nitrogens with two attached hydrogens (primary N) is 1. The van der Waals surface area contributed by atoms with Crippen LogP contribution in [0.15, 0.2) is 18.5 Å². The monoisotopic (exact) mass is 290 g/mol. The lowest BCUT2D eigenvalue weighted by atomic mass is 9.83. The average Bonchev–Trinajstić information content (AvgIpc) is 2.96. The van der Waals surface area contributed by atoms with Crippen molar-refractivity contribution in [2.24, 2.45) is 0 Å². The molecule has 3 N–H and O–H groups in total. The van der Waals surface area contributed by atoms with Gasteiger partial charge in [0.25, 0.3) is 0 Å². The molecule has 118 valence electrons. The number of hydrogen-bond acceptors (Lipinski definition) is 4. The van der Waals surface area contributed by atoms with E-state index in [2.05, 4.69) is 36.2 Å². The first-order valence-electron chi connectivity index (χ1n) is 8.19. The van der Waals surface area contributed by atoms with Gasteiger partial charge < -0.3 is 16.0 Å². The van der Waals surface area contributed by atoms with Gasteiger partial charge in [-0.15, -0.1) is 0 Å². The third-order valence-electron chi connectivity index (χ3n) is 5.01. The maximum atomic E-state index is 6.13. The quantitative estimate of drug-likeness (QED) is 0.810. The Morgan fingerprint density at radius 1 is 1.38 bits per heavy atom. The molecule has 0 spiro atoms. The average molecular weight is 290 g/mol. The minimum Gasteiger partial charge on any atom is -0.398 e. The minimum absolute atomic E-state index is 0.247. The Bertz CT molecular complexity index is 438. The first-order valence-corrected chi connectivity index (χ1v) is 8.19. The van der Waals surface area contributed by atoms with Crippen LogP contribution in [0.3, 0.4) is 0 Å². The van der Waals surface area contributed by atoms with Crippen LogP contribution in [0.25, 0.3) is 0 Å². The van der Waals surface area contributed by atoms with Crippen molar-refractivity contribution in [1.29, 1.82) is 0 Å². The number of aromatic nitrogens is 1. The molecule has 1 atom stereocenters. The first-order chi connectivity index (χ1) is 10.1. The van der Waals surface area contributed by atoms with Crippen molar-refractivity contribution >= 4 is 5.69 Å². The van der Waals surface area contributed by atoms with Crippen molar-refractivity contribution in [2.75, 3.05) is 26.4 Å². The number of nitrogen functional groups attached to an aromatic ring is 1. The molecule has 4 nitrogen and oxygen atoms in total. The number of nitrogens with one attached hydrogen (secondary N) is 1. The molecule has 1 aliphatic rings. The summed E-state index contributed by atoms with van der Waals surface area (Å²) in [6.07, 6.45) is 11.0. The zero-order chi connectivity index (χ0) is 15.3. The number of likely N-dealkylation sites (N-methyl/N-ethyl adjacent to an activating group) is 1. The molecular weight excluding hydrogens is 260 g/mol. The number of nitrogens with zero attached hydrogens (tertiary/aromatic N) is 2. The highest BCUT2D eigenvalue weighted by atomic mass is 15.2. The van der Waals surface area contributed by atoms with Gasteiger partial charge in [-0.2, -0.15) is 0 Å². The molecule has 0 bridgehead atoms. The zero-order valence-electron chi connectivity index (χ0n) is 13.7. The highest BCUT2D eigenvalue weighted by Gasteiger charge is 2.42. The maximum Gasteiger partial charge on any atom is 0.0378 e. The van der Waals surface area contributed by atoms with Gasteiger partial charge in [0.15, 0.2) is 0 Å². The molecule has 1 unspecified atom stereocenters. The second-order valence-corrected chi connectivity index (χ2v) is 6.49. The van der Waals surface area contributed by atoms with Crippen LogP contribution in [0.1, 0.15) is 44.6 Å². The molecule has 2 rings (SSSR count). The van der Waals surface area contributed by atoms with Crippen LogP contribution in [0, 0.1) is 0 Å². The number of pyridine rings is 1. The van der Waals surface area contributed by atoms with Crippen molar-refractivity contribution in [3.05, 3.63) is 24.0 Å². The number of anilines is 1. The molecule has 0 saturated heterocycles. The normalized spacial score (nSPS) is 19.0. The van der Waals surface area contributed by atoms with Crippen LogP contribution in [-0.2, 0) is 6.42 Å². The van der Waals surface area contributed by atoms with E-state index in [1.54, 1.807) is 6.20 Å². The van der Waals surface area contributed by atoms with E-state index in [1.165, 1.54) is 31.2 Å². The fourth-order valence-corrected chi connectivity index (χ4v) is 3.69. The molecule has 1 aromatic heterocycles. The summed E-state index contributed by atoms with van der Waals surface area (Å²) in [4.78, 5) is 6.68. The van der Waals surface area contributed by atoms with Crippen molar-refractivity contribution < 1.29 is 0 Å². The molecule has 0 aromatic carbocycles. The van der Waals surface area contributed by atoms with Crippen LogP contribution in [0.4, 0.5) is 5.69 Å². The summed E-state index contributed by atoms with van der Waals surface area (Å²) in [6, 6.07) is 2.34. The third kappa shape index (κ3) is 3.55. The smallest absolute Gasteiger partial charge is 0.0378 e. The fraction of sp³-hybridized carbons (Fsp3) is 0.706.